The zero-order chi connectivity index (χ0) is 26.5. The molecule has 0 aromatic heterocycles. The first-order chi connectivity index (χ1) is 17.7. The van der Waals surface area contributed by atoms with Gasteiger partial charge >= 0.3 is 0 Å². The fourth-order valence-corrected chi connectivity index (χ4v) is 4.75. The number of nitrogens with one attached hydrogen (secondary N) is 1. The number of hydrogen-bond donors (Lipinski definition) is 3. The molecule has 0 aliphatic heterocycles. The lowest BCUT2D eigenvalue weighted by Crippen LogP contribution is -2.45. The molecule has 0 radical (unpaired) electrons. The standard InChI is InChI=1S/C32H63NO3/c1-3-5-7-9-11-13-15-16-18-19-21-23-25-27-31(35)30(29-34)33-32(36)28-26-24-22-20-17-14-12-10-8-6-4-2/h10,12,30-31,34-35H,3-9,11,13-29H2,1-2H3,(H,33,36)/b12-10-. The summed E-state index contributed by atoms with van der Waals surface area (Å²) in [4.78, 5) is 12.2. The van der Waals surface area contributed by atoms with Crippen molar-refractivity contribution < 1.29 is 15.0 Å². The van der Waals surface area contributed by atoms with E-state index in [9.17, 15) is 15.0 Å². The molecule has 0 fully saturated rings. The minimum absolute atomic E-state index is 0.0441. The van der Waals surface area contributed by atoms with Gasteiger partial charge in [0.15, 0.2) is 0 Å². The van der Waals surface area contributed by atoms with Crippen molar-refractivity contribution in [3.05, 3.63) is 12.2 Å². The molecule has 0 heterocycles. The maximum Gasteiger partial charge on any atom is 0.220 e. The van der Waals surface area contributed by atoms with Crippen molar-refractivity contribution in [1.29, 1.82) is 0 Å². The van der Waals surface area contributed by atoms with E-state index in [2.05, 4.69) is 31.3 Å². The molecule has 4 heteroatoms. The highest BCUT2D eigenvalue weighted by Gasteiger charge is 2.19. The number of carbonyl (C=O) groups is 1. The smallest absolute Gasteiger partial charge is 0.220 e. The molecule has 0 saturated carbocycles. The van der Waals surface area contributed by atoms with Gasteiger partial charge in [-0.2, -0.15) is 0 Å². The summed E-state index contributed by atoms with van der Waals surface area (Å²) in [5, 5.41) is 22.9. The second-order valence-corrected chi connectivity index (χ2v) is 10.9. The Labute approximate surface area is 225 Å². The molecular weight excluding hydrogens is 446 g/mol. The SMILES string of the molecule is CCCC/C=C\CCCCCCCC(=O)NC(CO)C(O)CCCCCCCCCCCCCCC. The lowest BCUT2D eigenvalue weighted by atomic mass is 10.0. The summed E-state index contributed by atoms with van der Waals surface area (Å²) in [6, 6.07) is -0.533. The molecule has 0 rings (SSSR count). The Morgan fingerprint density at radius 3 is 1.61 bits per heavy atom. The van der Waals surface area contributed by atoms with E-state index in [-0.39, 0.29) is 12.5 Å². The summed E-state index contributed by atoms with van der Waals surface area (Å²) in [7, 11) is 0. The van der Waals surface area contributed by atoms with Crippen LogP contribution in [0.1, 0.15) is 168 Å². The predicted octanol–water partition coefficient (Wildman–Crippen LogP) is 8.78. The summed E-state index contributed by atoms with van der Waals surface area (Å²) in [6.07, 6.45) is 32.5. The molecule has 4 nitrogen and oxygen atoms in total. The lowest BCUT2D eigenvalue weighted by Gasteiger charge is -2.22. The van der Waals surface area contributed by atoms with Gasteiger partial charge in [-0.3, -0.25) is 4.79 Å². The first kappa shape index (κ1) is 35.1. The van der Waals surface area contributed by atoms with Crippen LogP contribution in [0.5, 0.6) is 0 Å². The molecular formula is C32H63NO3. The fourth-order valence-electron chi connectivity index (χ4n) is 4.75. The predicted molar refractivity (Wildman–Crippen MR) is 156 cm³/mol. The van der Waals surface area contributed by atoms with Crippen LogP contribution in [-0.2, 0) is 4.79 Å². The van der Waals surface area contributed by atoms with Gasteiger partial charge in [-0.05, 0) is 32.1 Å². The zero-order valence-corrected chi connectivity index (χ0v) is 24.3. The third-order valence-electron chi connectivity index (χ3n) is 7.28. The Balaban J connectivity index is 3.60. The topological polar surface area (TPSA) is 69.6 Å². The van der Waals surface area contributed by atoms with Gasteiger partial charge in [0.2, 0.25) is 5.91 Å². The Morgan fingerprint density at radius 2 is 1.08 bits per heavy atom. The quantitative estimate of drug-likeness (QED) is 0.0729. The third-order valence-corrected chi connectivity index (χ3v) is 7.28. The molecule has 0 aromatic rings. The van der Waals surface area contributed by atoms with Crippen LogP contribution >= 0.6 is 0 Å². The Hall–Kier alpha value is -0.870. The molecule has 36 heavy (non-hydrogen) atoms. The first-order valence-electron chi connectivity index (χ1n) is 15.9. The van der Waals surface area contributed by atoms with Crippen LogP contribution in [-0.4, -0.2) is 34.9 Å². The van der Waals surface area contributed by atoms with Crippen molar-refractivity contribution in [2.75, 3.05) is 6.61 Å². The number of aliphatic hydroxyl groups is 2. The molecule has 2 unspecified atom stereocenters. The van der Waals surface area contributed by atoms with E-state index in [1.54, 1.807) is 0 Å². The summed E-state index contributed by atoms with van der Waals surface area (Å²) >= 11 is 0. The van der Waals surface area contributed by atoms with Crippen LogP contribution in [0.15, 0.2) is 12.2 Å². The van der Waals surface area contributed by atoms with Crippen LogP contribution in [0.2, 0.25) is 0 Å². The molecule has 0 aliphatic rings. The average molecular weight is 510 g/mol. The monoisotopic (exact) mass is 509 g/mol. The van der Waals surface area contributed by atoms with Gasteiger partial charge in [0.05, 0.1) is 18.8 Å². The van der Waals surface area contributed by atoms with Crippen LogP contribution < -0.4 is 5.32 Å². The molecule has 214 valence electrons. The largest absolute Gasteiger partial charge is 0.394 e. The second-order valence-electron chi connectivity index (χ2n) is 10.9. The minimum Gasteiger partial charge on any atom is -0.394 e. The van der Waals surface area contributed by atoms with Gasteiger partial charge in [-0.25, -0.2) is 0 Å². The lowest BCUT2D eigenvalue weighted by molar-refractivity contribution is -0.123. The van der Waals surface area contributed by atoms with E-state index >= 15 is 0 Å². The van der Waals surface area contributed by atoms with E-state index < -0.39 is 12.1 Å². The van der Waals surface area contributed by atoms with Gasteiger partial charge in [-0.1, -0.05) is 142 Å². The van der Waals surface area contributed by atoms with Crippen LogP contribution in [0.3, 0.4) is 0 Å². The number of unbranched alkanes of at least 4 members (excludes halogenated alkanes) is 19. The summed E-state index contributed by atoms with van der Waals surface area (Å²) in [6.45, 7) is 4.29. The van der Waals surface area contributed by atoms with Gasteiger partial charge in [0.1, 0.15) is 0 Å². The number of amides is 1. The second kappa shape index (κ2) is 28.7. The molecule has 2 atom stereocenters. The van der Waals surface area contributed by atoms with Crippen molar-refractivity contribution in [2.45, 2.75) is 180 Å². The molecule has 3 N–H and O–H groups in total. The van der Waals surface area contributed by atoms with E-state index in [0.29, 0.717) is 12.8 Å². The zero-order valence-electron chi connectivity index (χ0n) is 24.3. The van der Waals surface area contributed by atoms with Crippen molar-refractivity contribution in [1.82, 2.24) is 5.32 Å². The van der Waals surface area contributed by atoms with Gasteiger partial charge < -0.3 is 15.5 Å². The van der Waals surface area contributed by atoms with E-state index in [1.807, 2.05) is 0 Å². The Kier molecular flexibility index (Phi) is 28.0. The molecule has 1 amide bonds. The third kappa shape index (κ3) is 24.8. The molecule has 0 spiro atoms. The number of allylic oxidation sites excluding steroid dienone is 2. The normalized spacial score (nSPS) is 13.3. The fraction of sp³-hybridized carbons (Fsp3) is 0.906. The van der Waals surface area contributed by atoms with Crippen molar-refractivity contribution in [2.24, 2.45) is 0 Å². The van der Waals surface area contributed by atoms with Gasteiger partial charge in [0, 0.05) is 6.42 Å². The summed E-state index contributed by atoms with van der Waals surface area (Å²) in [5.41, 5.74) is 0. The molecule has 0 bridgehead atoms. The number of carbonyl (C=O) groups excluding carboxylic acids is 1. The maximum absolute atomic E-state index is 12.2. The van der Waals surface area contributed by atoms with Gasteiger partial charge in [-0.15, -0.1) is 0 Å². The molecule has 0 saturated heterocycles. The Bertz CT molecular complexity index is 480. The van der Waals surface area contributed by atoms with Crippen molar-refractivity contribution in [3.8, 4) is 0 Å². The average Bonchev–Trinajstić information content (AvgIpc) is 2.88. The number of rotatable bonds is 28. The molecule has 0 aromatic carbocycles. The van der Waals surface area contributed by atoms with Crippen LogP contribution in [0, 0.1) is 0 Å². The van der Waals surface area contributed by atoms with Crippen LogP contribution in [0.4, 0.5) is 0 Å². The minimum atomic E-state index is -0.656. The molecule has 0 aliphatic carbocycles. The van der Waals surface area contributed by atoms with Crippen LogP contribution in [0.25, 0.3) is 0 Å². The van der Waals surface area contributed by atoms with E-state index in [1.165, 1.54) is 116 Å². The number of hydrogen-bond acceptors (Lipinski definition) is 3. The first-order valence-corrected chi connectivity index (χ1v) is 15.9. The van der Waals surface area contributed by atoms with E-state index in [0.717, 1.165) is 25.7 Å². The highest BCUT2D eigenvalue weighted by Crippen LogP contribution is 2.14. The number of aliphatic hydroxyl groups excluding tert-OH is 2. The highest BCUT2D eigenvalue weighted by molar-refractivity contribution is 5.76. The van der Waals surface area contributed by atoms with Gasteiger partial charge in [0.25, 0.3) is 0 Å². The summed E-state index contributed by atoms with van der Waals surface area (Å²) < 4.78 is 0. The summed E-state index contributed by atoms with van der Waals surface area (Å²) in [5.74, 6) is -0.0441. The van der Waals surface area contributed by atoms with E-state index in [4.69, 9.17) is 0 Å². The van der Waals surface area contributed by atoms with Crippen molar-refractivity contribution in [3.63, 3.8) is 0 Å². The maximum atomic E-state index is 12.2. The Morgan fingerprint density at radius 1 is 0.639 bits per heavy atom. The van der Waals surface area contributed by atoms with Crippen molar-refractivity contribution >= 4 is 5.91 Å². The highest BCUT2D eigenvalue weighted by atomic mass is 16.3.